The van der Waals surface area contributed by atoms with E-state index in [1.54, 1.807) is 0 Å². The van der Waals surface area contributed by atoms with Crippen LogP contribution in [0.5, 0.6) is 0 Å². The maximum absolute atomic E-state index is 11.5. The molecule has 1 fully saturated rings. The lowest BCUT2D eigenvalue weighted by atomic mass is 10.1. The summed E-state index contributed by atoms with van der Waals surface area (Å²) in [5, 5.41) is 0. The molecule has 0 aromatic heterocycles. The van der Waals surface area contributed by atoms with E-state index < -0.39 is 9.84 Å². The van der Waals surface area contributed by atoms with Crippen molar-refractivity contribution in [3.8, 4) is 0 Å². The van der Waals surface area contributed by atoms with Gasteiger partial charge in [-0.2, -0.15) is 0 Å². The second-order valence-electron chi connectivity index (χ2n) is 4.91. The molecule has 3 atom stereocenters. The summed E-state index contributed by atoms with van der Waals surface area (Å²) in [6.45, 7) is 8.24. The lowest BCUT2D eigenvalue weighted by Gasteiger charge is -2.31. The van der Waals surface area contributed by atoms with Crippen LogP contribution in [0, 0.1) is 5.92 Å². The molecule has 4 nitrogen and oxygen atoms in total. The molecule has 0 radical (unpaired) electrons. The maximum Gasteiger partial charge on any atom is 0.153 e. The zero-order valence-electron chi connectivity index (χ0n) is 10.5. The molecule has 1 rings (SSSR count). The predicted octanol–water partition coefficient (Wildman–Crippen LogP) is 0.479. The fourth-order valence-electron chi connectivity index (χ4n) is 2.26. The van der Waals surface area contributed by atoms with Crippen LogP contribution in [0.2, 0.25) is 0 Å². The summed E-state index contributed by atoms with van der Waals surface area (Å²) in [5.41, 5.74) is 5.93. The Balaban J connectivity index is 2.67. The van der Waals surface area contributed by atoms with Gasteiger partial charge in [-0.05, 0) is 12.5 Å². The van der Waals surface area contributed by atoms with E-state index >= 15 is 0 Å². The molecule has 1 heterocycles. The number of rotatable bonds is 5. The van der Waals surface area contributed by atoms with Gasteiger partial charge in [-0.25, -0.2) is 8.42 Å². The van der Waals surface area contributed by atoms with Crippen molar-refractivity contribution in [2.75, 3.05) is 24.6 Å². The minimum atomic E-state index is -2.91. The quantitative estimate of drug-likeness (QED) is 0.768. The van der Waals surface area contributed by atoms with Gasteiger partial charge in [0, 0.05) is 18.6 Å². The number of sulfone groups is 1. The first kappa shape index (κ1) is 13.9. The van der Waals surface area contributed by atoms with Crippen molar-refractivity contribution < 1.29 is 8.42 Å². The van der Waals surface area contributed by atoms with Gasteiger partial charge in [-0.3, -0.25) is 4.90 Å². The second-order valence-corrected chi connectivity index (χ2v) is 7.06. The van der Waals surface area contributed by atoms with Gasteiger partial charge >= 0.3 is 0 Å². The van der Waals surface area contributed by atoms with E-state index in [0.717, 1.165) is 19.5 Å². The van der Waals surface area contributed by atoms with E-state index in [1.165, 1.54) is 0 Å². The standard InChI is InChI=1S/C11H24N2O2S/c1-4-9(3)6-13(5-2)11-8-16(14,15)7-10(11)12/h9-11H,4-8,12H2,1-3H3. The molecule has 1 saturated heterocycles. The molecule has 96 valence electrons. The van der Waals surface area contributed by atoms with Gasteiger partial charge in [0.2, 0.25) is 0 Å². The van der Waals surface area contributed by atoms with Crippen LogP contribution >= 0.6 is 0 Å². The number of hydrogen-bond acceptors (Lipinski definition) is 4. The highest BCUT2D eigenvalue weighted by Gasteiger charge is 2.38. The van der Waals surface area contributed by atoms with Crippen molar-refractivity contribution >= 4 is 9.84 Å². The third-order valence-corrected chi connectivity index (χ3v) is 5.23. The topological polar surface area (TPSA) is 63.4 Å². The Hall–Kier alpha value is -0.130. The Kier molecular flexibility index (Phi) is 4.76. The summed E-state index contributed by atoms with van der Waals surface area (Å²) in [5.74, 6) is 0.975. The molecule has 5 heteroatoms. The maximum atomic E-state index is 11.5. The molecule has 0 spiro atoms. The van der Waals surface area contributed by atoms with Crippen LogP contribution in [-0.2, 0) is 9.84 Å². The minimum Gasteiger partial charge on any atom is -0.325 e. The first-order chi connectivity index (χ1) is 7.39. The van der Waals surface area contributed by atoms with Crippen molar-refractivity contribution in [2.24, 2.45) is 11.7 Å². The molecule has 0 aromatic carbocycles. The summed E-state index contributed by atoms with van der Waals surface area (Å²) < 4.78 is 23.0. The van der Waals surface area contributed by atoms with Gasteiger partial charge in [0.1, 0.15) is 0 Å². The normalized spacial score (nSPS) is 30.8. The Labute approximate surface area is 99.1 Å². The van der Waals surface area contributed by atoms with E-state index in [4.69, 9.17) is 5.73 Å². The van der Waals surface area contributed by atoms with Crippen molar-refractivity contribution in [3.63, 3.8) is 0 Å². The van der Waals surface area contributed by atoms with Crippen LogP contribution in [0.3, 0.4) is 0 Å². The molecular formula is C11H24N2O2S. The smallest absolute Gasteiger partial charge is 0.153 e. The number of likely N-dealkylation sites (N-methyl/N-ethyl adjacent to an activating group) is 1. The molecule has 0 amide bonds. The Bertz CT molecular complexity index is 316. The van der Waals surface area contributed by atoms with Crippen LogP contribution in [0.1, 0.15) is 27.2 Å². The Morgan fingerprint density at radius 2 is 2.00 bits per heavy atom. The van der Waals surface area contributed by atoms with Crippen LogP contribution in [0.25, 0.3) is 0 Å². The van der Waals surface area contributed by atoms with Gasteiger partial charge < -0.3 is 5.73 Å². The first-order valence-corrected chi connectivity index (χ1v) is 7.91. The molecule has 2 N–H and O–H groups in total. The molecule has 0 aromatic rings. The fourth-order valence-corrected chi connectivity index (χ4v) is 4.18. The van der Waals surface area contributed by atoms with Gasteiger partial charge in [-0.15, -0.1) is 0 Å². The average Bonchev–Trinajstić information content (AvgIpc) is 2.48. The number of nitrogens with two attached hydrogens (primary N) is 1. The fraction of sp³-hybridized carbons (Fsp3) is 1.00. The molecule has 0 bridgehead atoms. The van der Waals surface area contributed by atoms with Crippen LogP contribution in [-0.4, -0.2) is 50.0 Å². The second kappa shape index (κ2) is 5.47. The van der Waals surface area contributed by atoms with Gasteiger partial charge in [-0.1, -0.05) is 27.2 Å². The summed E-state index contributed by atoms with van der Waals surface area (Å²) in [6.07, 6.45) is 1.12. The summed E-state index contributed by atoms with van der Waals surface area (Å²) in [4.78, 5) is 2.23. The summed E-state index contributed by atoms with van der Waals surface area (Å²) >= 11 is 0. The number of hydrogen-bond donors (Lipinski definition) is 1. The highest BCUT2D eigenvalue weighted by molar-refractivity contribution is 7.91. The third kappa shape index (κ3) is 3.43. The Morgan fingerprint density at radius 3 is 2.38 bits per heavy atom. The van der Waals surface area contributed by atoms with Crippen LogP contribution in [0.4, 0.5) is 0 Å². The van der Waals surface area contributed by atoms with Crippen LogP contribution < -0.4 is 5.73 Å². The minimum absolute atomic E-state index is 0.0176. The van der Waals surface area contributed by atoms with E-state index in [0.29, 0.717) is 5.92 Å². The summed E-state index contributed by atoms with van der Waals surface area (Å²) in [6, 6.07) is -0.196. The zero-order valence-corrected chi connectivity index (χ0v) is 11.3. The third-order valence-electron chi connectivity index (χ3n) is 3.48. The highest BCUT2D eigenvalue weighted by Crippen LogP contribution is 2.18. The molecule has 3 unspecified atom stereocenters. The van der Waals surface area contributed by atoms with Crippen molar-refractivity contribution in [1.82, 2.24) is 4.90 Å². The lowest BCUT2D eigenvalue weighted by molar-refractivity contribution is 0.180. The monoisotopic (exact) mass is 248 g/mol. The Morgan fingerprint density at radius 1 is 1.38 bits per heavy atom. The molecule has 16 heavy (non-hydrogen) atoms. The average molecular weight is 248 g/mol. The highest BCUT2D eigenvalue weighted by atomic mass is 32.2. The van der Waals surface area contributed by atoms with E-state index in [2.05, 4.69) is 25.7 Å². The first-order valence-electron chi connectivity index (χ1n) is 6.09. The number of nitrogens with zero attached hydrogens (tertiary/aromatic N) is 1. The van der Waals surface area contributed by atoms with Gasteiger partial charge in [0.05, 0.1) is 11.5 Å². The van der Waals surface area contributed by atoms with Crippen molar-refractivity contribution in [2.45, 2.75) is 39.3 Å². The molecule has 0 aliphatic carbocycles. The van der Waals surface area contributed by atoms with E-state index in [9.17, 15) is 8.42 Å². The molecule has 1 aliphatic heterocycles. The van der Waals surface area contributed by atoms with Crippen molar-refractivity contribution in [1.29, 1.82) is 0 Å². The van der Waals surface area contributed by atoms with E-state index in [-0.39, 0.29) is 23.6 Å². The SMILES string of the molecule is CCC(C)CN(CC)C1CS(=O)(=O)CC1N. The van der Waals surface area contributed by atoms with Gasteiger partial charge in [0.25, 0.3) is 0 Å². The van der Waals surface area contributed by atoms with Crippen molar-refractivity contribution in [3.05, 3.63) is 0 Å². The predicted molar refractivity (Wildman–Crippen MR) is 67.1 cm³/mol. The molecule has 0 saturated carbocycles. The van der Waals surface area contributed by atoms with Crippen LogP contribution in [0.15, 0.2) is 0 Å². The summed E-state index contributed by atoms with van der Waals surface area (Å²) in [7, 11) is -2.91. The molecule has 1 aliphatic rings. The van der Waals surface area contributed by atoms with Gasteiger partial charge in [0.15, 0.2) is 9.84 Å². The lowest BCUT2D eigenvalue weighted by Crippen LogP contribution is -2.48. The largest absolute Gasteiger partial charge is 0.325 e. The molecular weight excluding hydrogens is 224 g/mol. The van der Waals surface area contributed by atoms with E-state index in [1.807, 2.05) is 0 Å². The zero-order chi connectivity index (χ0) is 12.3.